The van der Waals surface area contributed by atoms with E-state index in [2.05, 4.69) is 5.32 Å². The molecule has 1 saturated heterocycles. The lowest BCUT2D eigenvalue weighted by atomic mass is 9.91. The molecule has 1 fully saturated rings. The van der Waals surface area contributed by atoms with Crippen LogP contribution < -0.4 is 5.32 Å². The topological polar surface area (TPSA) is 49.4 Å². The standard InChI is InChI=1S/C24H30N2O2/c1-17-8-9-18(2)22(16-17)23(27)20-6-4-5-7-21(20)24(28)26-14-11-19(12-15-26)10-13-25-3/h4-9,16,19,25H,10-15H2,1-3H3. The molecular weight excluding hydrogens is 348 g/mol. The molecule has 0 unspecified atom stereocenters. The van der Waals surface area contributed by atoms with Crippen LogP contribution in [0.2, 0.25) is 0 Å². The number of likely N-dealkylation sites (tertiary alicyclic amines) is 1. The van der Waals surface area contributed by atoms with E-state index in [4.69, 9.17) is 0 Å². The van der Waals surface area contributed by atoms with Crippen molar-refractivity contribution in [2.45, 2.75) is 33.1 Å². The van der Waals surface area contributed by atoms with Gasteiger partial charge >= 0.3 is 0 Å². The molecule has 3 rings (SSSR count). The fourth-order valence-corrected chi connectivity index (χ4v) is 3.94. The second kappa shape index (κ2) is 9.16. The Balaban J connectivity index is 1.80. The number of carbonyl (C=O) groups excluding carboxylic acids is 2. The molecule has 2 aromatic rings. The molecule has 148 valence electrons. The average molecular weight is 379 g/mol. The number of amides is 1. The van der Waals surface area contributed by atoms with Gasteiger partial charge in [0.2, 0.25) is 0 Å². The van der Waals surface area contributed by atoms with Crippen molar-refractivity contribution in [2.24, 2.45) is 5.92 Å². The summed E-state index contributed by atoms with van der Waals surface area (Å²) in [4.78, 5) is 28.3. The molecule has 0 bridgehead atoms. The van der Waals surface area contributed by atoms with Crippen molar-refractivity contribution < 1.29 is 9.59 Å². The van der Waals surface area contributed by atoms with E-state index in [-0.39, 0.29) is 11.7 Å². The summed E-state index contributed by atoms with van der Waals surface area (Å²) in [5, 5.41) is 3.20. The first-order valence-electron chi connectivity index (χ1n) is 10.2. The number of nitrogens with zero attached hydrogens (tertiary/aromatic N) is 1. The molecule has 0 aliphatic carbocycles. The van der Waals surface area contributed by atoms with E-state index < -0.39 is 0 Å². The summed E-state index contributed by atoms with van der Waals surface area (Å²) in [6.07, 6.45) is 3.21. The first-order valence-corrected chi connectivity index (χ1v) is 10.2. The zero-order valence-corrected chi connectivity index (χ0v) is 17.1. The second-order valence-corrected chi connectivity index (χ2v) is 7.82. The highest BCUT2D eigenvalue weighted by molar-refractivity contribution is 6.15. The van der Waals surface area contributed by atoms with E-state index in [1.807, 2.05) is 56.1 Å². The van der Waals surface area contributed by atoms with E-state index in [9.17, 15) is 9.59 Å². The minimum absolute atomic E-state index is 0.0266. The van der Waals surface area contributed by atoms with Gasteiger partial charge in [-0.3, -0.25) is 9.59 Å². The molecule has 1 amide bonds. The summed E-state index contributed by atoms with van der Waals surface area (Å²) >= 11 is 0. The summed E-state index contributed by atoms with van der Waals surface area (Å²) in [6.45, 7) is 6.46. The summed E-state index contributed by atoms with van der Waals surface area (Å²) in [5.74, 6) is 0.568. The molecule has 2 aromatic carbocycles. The van der Waals surface area contributed by atoms with Crippen LogP contribution in [0.1, 0.15) is 56.7 Å². The van der Waals surface area contributed by atoms with Crippen molar-refractivity contribution >= 4 is 11.7 Å². The van der Waals surface area contributed by atoms with Crippen LogP contribution in [0.3, 0.4) is 0 Å². The summed E-state index contributed by atoms with van der Waals surface area (Å²) in [6, 6.07) is 13.1. The van der Waals surface area contributed by atoms with Crippen molar-refractivity contribution in [3.8, 4) is 0 Å². The van der Waals surface area contributed by atoms with Crippen LogP contribution in [-0.4, -0.2) is 43.3 Å². The third-order valence-electron chi connectivity index (χ3n) is 5.74. The molecule has 1 N–H and O–H groups in total. The van der Waals surface area contributed by atoms with Crippen LogP contribution in [0.5, 0.6) is 0 Å². The van der Waals surface area contributed by atoms with E-state index in [1.165, 1.54) is 0 Å². The number of benzene rings is 2. The maximum Gasteiger partial charge on any atom is 0.254 e. The van der Waals surface area contributed by atoms with Gasteiger partial charge in [-0.05, 0) is 70.3 Å². The number of hydrogen-bond acceptors (Lipinski definition) is 3. The van der Waals surface area contributed by atoms with Crippen LogP contribution in [-0.2, 0) is 0 Å². The predicted molar refractivity (Wildman–Crippen MR) is 113 cm³/mol. The normalized spacial score (nSPS) is 14.9. The number of nitrogens with one attached hydrogen (secondary N) is 1. The number of piperidine rings is 1. The number of ketones is 1. The van der Waals surface area contributed by atoms with Gasteiger partial charge in [-0.15, -0.1) is 0 Å². The first kappa shape index (κ1) is 20.3. The van der Waals surface area contributed by atoms with Crippen LogP contribution in [0.25, 0.3) is 0 Å². The Bertz CT molecular complexity index is 851. The molecular formula is C24H30N2O2. The highest BCUT2D eigenvalue weighted by atomic mass is 16.2. The van der Waals surface area contributed by atoms with Crippen LogP contribution in [0, 0.1) is 19.8 Å². The van der Waals surface area contributed by atoms with Crippen molar-refractivity contribution in [2.75, 3.05) is 26.7 Å². The zero-order chi connectivity index (χ0) is 20.1. The molecule has 4 nitrogen and oxygen atoms in total. The van der Waals surface area contributed by atoms with Gasteiger partial charge in [-0.25, -0.2) is 0 Å². The van der Waals surface area contributed by atoms with Gasteiger partial charge < -0.3 is 10.2 Å². The van der Waals surface area contributed by atoms with Crippen molar-refractivity contribution in [1.82, 2.24) is 10.2 Å². The van der Waals surface area contributed by atoms with Gasteiger partial charge in [0.1, 0.15) is 0 Å². The van der Waals surface area contributed by atoms with Crippen molar-refractivity contribution in [3.63, 3.8) is 0 Å². The Kier molecular flexibility index (Phi) is 6.63. The van der Waals surface area contributed by atoms with Gasteiger partial charge in [0, 0.05) is 24.2 Å². The highest BCUT2D eigenvalue weighted by Gasteiger charge is 2.26. The lowest BCUT2D eigenvalue weighted by molar-refractivity contribution is 0.0683. The maximum absolute atomic E-state index is 13.2. The number of aryl methyl sites for hydroxylation is 2. The summed E-state index contributed by atoms with van der Waals surface area (Å²) in [7, 11) is 1.97. The second-order valence-electron chi connectivity index (χ2n) is 7.82. The highest BCUT2D eigenvalue weighted by Crippen LogP contribution is 2.24. The molecule has 1 aliphatic rings. The molecule has 0 atom stereocenters. The third kappa shape index (κ3) is 4.50. The Labute approximate surface area is 167 Å². The Morgan fingerprint density at radius 3 is 2.36 bits per heavy atom. The fraction of sp³-hybridized carbons (Fsp3) is 0.417. The van der Waals surface area contributed by atoms with E-state index in [0.717, 1.165) is 50.0 Å². The van der Waals surface area contributed by atoms with Crippen LogP contribution >= 0.6 is 0 Å². The van der Waals surface area contributed by atoms with Crippen LogP contribution in [0.4, 0.5) is 0 Å². The smallest absolute Gasteiger partial charge is 0.254 e. The quantitative estimate of drug-likeness (QED) is 0.773. The first-order chi connectivity index (χ1) is 13.5. The molecule has 1 aliphatic heterocycles. The Morgan fingerprint density at radius 2 is 1.68 bits per heavy atom. The summed E-state index contributed by atoms with van der Waals surface area (Å²) < 4.78 is 0. The van der Waals surface area contributed by atoms with Crippen molar-refractivity contribution in [3.05, 3.63) is 70.3 Å². The Morgan fingerprint density at radius 1 is 1.00 bits per heavy atom. The van der Waals surface area contributed by atoms with Gasteiger partial charge in [-0.2, -0.15) is 0 Å². The fourth-order valence-electron chi connectivity index (χ4n) is 3.94. The molecule has 28 heavy (non-hydrogen) atoms. The van der Waals surface area contributed by atoms with E-state index >= 15 is 0 Å². The van der Waals surface area contributed by atoms with E-state index in [1.54, 1.807) is 12.1 Å². The number of rotatable bonds is 6. The molecule has 0 spiro atoms. The molecule has 0 radical (unpaired) electrons. The lowest BCUT2D eigenvalue weighted by Gasteiger charge is -2.32. The molecule has 1 heterocycles. The van der Waals surface area contributed by atoms with Gasteiger partial charge in [0.05, 0.1) is 5.56 Å². The molecule has 0 saturated carbocycles. The van der Waals surface area contributed by atoms with Crippen molar-refractivity contribution in [1.29, 1.82) is 0 Å². The summed E-state index contributed by atoms with van der Waals surface area (Å²) in [5.41, 5.74) is 3.66. The molecule has 4 heteroatoms. The predicted octanol–water partition coefficient (Wildman–Crippen LogP) is 4.00. The minimum atomic E-state index is -0.0749. The van der Waals surface area contributed by atoms with Gasteiger partial charge in [0.25, 0.3) is 5.91 Å². The van der Waals surface area contributed by atoms with Crippen LogP contribution in [0.15, 0.2) is 42.5 Å². The van der Waals surface area contributed by atoms with E-state index in [0.29, 0.717) is 22.6 Å². The number of hydrogen-bond donors (Lipinski definition) is 1. The Hall–Kier alpha value is -2.46. The molecule has 0 aromatic heterocycles. The van der Waals surface area contributed by atoms with Gasteiger partial charge in [-0.1, -0.05) is 35.9 Å². The number of carbonyl (C=O) groups is 2. The SMILES string of the molecule is CNCCC1CCN(C(=O)c2ccccc2C(=O)c2cc(C)ccc2C)CC1. The third-order valence-corrected chi connectivity index (χ3v) is 5.74. The average Bonchev–Trinajstić information content (AvgIpc) is 2.73. The minimum Gasteiger partial charge on any atom is -0.339 e. The lowest BCUT2D eigenvalue weighted by Crippen LogP contribution is -2.39. The van der Waals surface area contributed by atoms with Gasteiger partial charge in [0.15, 0.2) is 5.78 Å². The maximum atomic E-state index is 13.2. The largest absolute Gasteiger partial charge is 0.339 e. The zero-order valence-electron chi connectivity index (χ0n) is 17.1. The monoisotopic (exact) mass is 378 g/mol.